The second kappa shape index (κ2) is 6.09. The number of anilines is 1. The van der Waals surface area contributed by atoms with Crippen molar-refractivity contribution in [2.75, 3.05) is 5.43 Å². The average Bonchev–Trinajstić information content (AvgIpc) is 2.47. The predicted molar refractivity (Wildman–Crippen MR) is 72.8 cm³/mol. The molecule has 0 radical (unpaired) electrons. The number of azide groups is 1. The van der Waals surface area contributed by atoms with Gasteiger partial charge in [0.25, 0.3) is 5.91 Å². The second-order valence-electron chi connectivity index (χ2n) is 3.65. The first-order valence-electron chi connectivity index (χ1n) is 5.57. The number of hydrazine groups is 1. The van der Waals surface area contributed by atoms with Crippen molar-refractivity contribution in [3.05, 3.63) is 70.6 Å². The van der Waals surface area contributed by atoms with Crippen LogP contribution in [0.5, 0.6) is 0 Å². The Labute approximate surface area is 109 Å². The van der Waals surface area contributed by atoms with Crippen LogP contribution in [0.4, 0.5) is 11.4 Å². The molecular formula is C13H11N5O. The lowest BCUT2D eigenvalue weighted by molar-refractivity contribution is 0.0963. The number of rotatable bonds is 4. The molecule has 6 nitrogen and oxygen atoms in total. The molecule has 0 aliphatic rings. The molecule has 0 aliphatic heterocycles. The molecule has 2 N–H and O–H groups in total. The van der Waals surface area contributed by atoms with Crippen LogP contribution in [0.25, 0.3) is 10.4 Å². The summed E-state index contributed by atoms with van der Waals surface area (Å²) in [6.07, 6.45) is 0. The van der Waals surface area contributed by atoms with E-state index in [0.717, 1.165) is 5.69 Å². The standard InChI is InChI=1S/C13H11N5O/c14-18-16-12-9-5-4-8-11(12)13(19)17-15-10-6-2-1-3-7-10/h1-9,15H,(H,17,19). The molecule has 6 heteroatoms. The van der Waals surface area contributed by atoms with Gasteiger partial charge in [0.15, 0.2) is 0 Å². The maximum Gasteiger partial charge on any atom is 0.270 e. The normalized spacial score (nSPS) is 9.26. The van der Waals surface area contributed by atoms with Crippen LogP contribution in [0.3, 0.4) is 0 Å². The molecule has 2 aromatic carbocycles. The maximum absolute atomic E-state index is 12.0. The molecule has 2 aromatic rings. The number of para-hydroxylation sites is 1. The minimum Gasteiger partial charge on any atom is -0.298 e. The van der Waals surface area contributed by atoms with E-state index in [-0.39, 0.29) is 11.6 Å². The second-order valence-corrected chi connectivity index (χ2v) is 3.65. The van der Waals surface area contributed by atoms with Crippen molar-refractivity contribution in [1.29, 1.82) is 0 Å². The van der Waals surface area contributed by atoms with Crippen LogP contribution in [-0.2, 0) is 0 Å². The van der Waals surface area contributed by atoms with E-state index in [9.17, 15) is 4.79 Å². The molecule has 0 saturated carbocycles. The summed E-state index contributed by atoms with van der Waals surface area (Å²) in [4.78, 5) is 14.6. The fraction of sp³-hybridized carbons (Fsp3) is 0. The van der Waals surface area contributed by atoms with Crippen molar-refractivity contribution in [1.82, 2.24) is 5.43 Å². The minimum absolute atomic E-state index is 0.289. The van der Waals surface area contributed by atoms with Gasteiger partial charge in [0.2, 0.25) is 0 Å². The fourth-order valence-electron chi connectivity index (χ4n) is 1.52. The van der Waals surface area contributed by atoms with E-state index in [1.165, 1.54) is 0 Å². The summed E-state index contributed by atoms with van der Waals surface area (Å²) in [5, 5.41) is 3.47. The molecule has 0 unspecified atom stereocenters. The Morgan fingerprint density at radius 3 is 2.47 bits per heavy atom. The summed E-state index contributed by atoms with van der Waals surface area (Å²) in [6.45, 7) is 0. The van der Waals surface area contributed by atoms with Crippen LogP contribution >= 0.6 is 0 Å². The molecule has 1 amide bonds. The lowest BCUT2D eigenvalue weighted by Crippen LogP contribution is -2.29. The van der Waals surface area contributed by atoms with Gasteiger partial charge in [-0.3, -0.25) is 15.6 Å². The van der Waals surface area contributed by atoms with Gasteiger partial charge in [-0.2, -0.15) is 0 Å². The molecule has 0 spiro atoms. The fourth-order valence-corrected chi connectivity index (χ4v) is 1.52. The zero-order valence-corrected chi connectivity index (χ0v) is 9.95. The summed E-state index contributed by atoms with van der Waals surface area (Å²) >= 11 is 0. The molecule has 0 bridgehead atoms. The van der Waals surface area contributed by atoms with E-state index in [0.29, 0.717) is 5.56 Å². The number of amides is 1. The summed E-state index contributed by atoms with van der Waals surface area (Å²) in [7, 11) is 0. The Bertz CT molecular complexity index is 620. The maximum atomic E-state index is 12.0. The third-order valence-corrected chi connectivity index (χ3v) is 2.40. The molecule has 2 rings (SSSR count). The van der Waals surface area contributed by atoms with Crippen molar-refractivity contribution >= 4 is 17.3 Å². The van der Waals surface area contributed by atoms with Crippen molar-refractivity contribution in [2.24, 2.45) is 5.11 Å². The van der Waals surface area contributed by atoms with E-state index in [1.54, 1.807) is 24.3 Å². The molecular weight excluding hydrogens is 242 g/mol. The predicted octanol–water partition coefficient (Wildman–Crippen LogP) is 3.39. The average molecular weight is 253 g/mol. The summed E-state index contributed by atoms with van der Waals surface area (Å²) in [5.41, 5.74) is 15.1. The van der Waals surface area contributed by atoms with Crippen molar-refractivity contribution in [2.45, 2.75) is 0 Å². The number of carbonyl (C=O) groups is 1. The Kier molecular flexibility index (Phi) is 4.00. The van der Waals surface area contributed by atoms with E-state index >= 15 is 0 Å². The van der Waals surface area contributed by atoms with Crippen LogP contribution in [0.15, 0.2) is 59.7 Å². The van der Waals surface area contributed by atoms with Gasteiger partial charge in [-0.15, -0.1) is 0 Å². The number of nitrogens with zero attached hydrogens (tertiary/aromatic N) is 3. The van der Waals surface area contributed by atoms with E-state index in [4.69, 9.17) is 5.53 Å². The van der Waals surface area contributed by atoms with Crippen LogP contribution in [-0.4, -0.2) is 5.91 Å². The van der Waals surface area contributed by atoms with Crippen LogP contribution < -0.4 is 10.9 Å². The highest BCUT2D eigenvalue weighted by atomic mass is 16.2. The Balaban J connectivity index is 2.10. The Morgan fingerprint density at radius 1 is 1.05 bits per heavy atom. The van der Waals surface area contributed by atoms with Crippen molar-refractivity contribution in [3.63, 3.8) is 0 Å². The molecule has 0 fully saturated rings. The molecule has 94 valence electrons. The number of nitrogens with one attached hydrogen (secondary N) is 2. The van der Waals surface area contributed by atoms with Gasteiger partial charge in [0.1, 0.15) is 0 Å². The summed E-state index contributed by atoms with van der Waals surface area (Å²) < 4.78 is 0. The van der Waals surface area contributed by atoms with Gasteiger partial charge >= 0.3 is 0 Å². The highest BCUT2D eigenvalue weighted by molar-refractivity contribution is 5.99. The lowest BCUT2D eigenvalue weighted by Gasteiger charge is -2.09. The zero-order chi connectivity index (χ0) is 13.5. The first-order valence-corrected chi connectivity index (χ1v) is 5.57. The molecule has 0 saturated heterocycles. The Morgan fingerprint density at radius 2 is 1.74 bits per heavy atom. The molecule has 0 aromatic heterocycles. The van der Waals surface area contributed by atoms with E-state index in [1.807, 2.05) is 30.3 Å². The molecule has 0 aliphatic carbocycles. The Hall–Kier alpha value is -2.98. The van der Waals surface area contributed by atoms with Crippen LogP contribution in [0.2, 0.25) is 0 Å². The SMILES string of the molecule is [N-]=[N+]=Nc1ccccc1C(=O)NNc1ccccc1. The zero-order valence-electron chi connectivity index (χ0n) is 9.95. The first kappa shape index (κ1) is 12.5. The minimum atomic E-state index is -0.369. The van der Waals surface area contributed by atoms with Crippen molar-refractivity contribution in [3.8, 4) is 0 Å². The van der Waals surface area contributed by atoms with Gasteiger partial charge < -0.3 is 0 Å². The number of carbonyl (C=O) groups excluding carboxylic acids is 1. The summed E-state index contributed by atoms with van der Waals surface area (Å²) in [6, 6.07) is 15.8. The van der Waals surface area contributed by atoms with E-state index < -0.39 is 0 Å². The number of benzene rings is 2. The van der Waals surface area contributed by atoms with Gasteiger partial charge in [-0.25, -0.2) is 0 Å². The topological polar surface area (TPSA) is 89.9 Å². The highest BCUT2D eigenvalue weighted by Crippen LogP contribution is 2.18. The third-order valence-electron chi connectivity index (χ3n) is 2.40. The van der Waals surface area contributed by atoms with Crippen molar-refractivity contribution < 1.29 is 4.79 Å². The quantitative estimate of drug-likeness (QED) is 0.378. The van der Waals surface area contributed by atoms with E-state index in [2.05, 4.69) is 20.9 Å². The smallest absolute Gasteiger partial charge is 0.270 e. The lowest BCUT2D eigenvalue weighted by atomic mass is 10.2. The first-order chi connectivity index (χ1) is 9.31. The number of hydrogen-bond acceptors (Lipinski definition) is 3. The van der Waals surface area contributed by atoms with Gasteiger partial charge in [-0.05, 0) is 23.7 Å². The largest absolute Gasteiger partial charge is 0.298 e. The van der Waals surface area contributed by atoms with Crippen LogP contribution in [0, 0.1) is 0 Å². The van der Waals surface area contributed by atoms with Gasteiger partial charge in [0, 0.05) is 4.91 Å². The summed E-state index contributed by atoms with van der Waals surface area (Å²) in [5.74, 6) is -0.369. The van der Waals surface area contributed by atoms with Gasteiger partial charge in [0.05, 0.1) is 16.9 Å². The van der Waals surface area contributed by atoms with Crippen LogP contribution in [0.1, 0.15) is 10.4 Å². The molecule has 19 heavy (non-hydrogen) atoms. The highest BCUT2D eigenvalue weighted by Gasteiger charge is 2.08. The number of hydrogen-bond donors (Lipinski definition) is 2. The molecule has 0 atom stereocenters. The molecule has 0 heterocycles. The monoisotopic (exact) mass is 253 g/mol. The third kappa shape index (κ3) is 3.24. The van der Waals surface area contributed by atoms with Gasteiger partial charge in [-0.1, -0.05) is 41.5 Å².